The van der Waals surface area contributed by atoms with E-state index in [2.05, 4.69) is 9.71 Å². The highest BCUT2D eigenvalue weighted by atomic mass is 32.2. The number of ether oxygens (including phenoxy) is 1. The quantitative estimate of drug-likeness (QED) is 0.866. The van der Waals surface area contributed by atoms with Gasteiger partial charge in [-0.1, -0.05) is 0 Å². The predicted molar refractivity (Wildman–Crippen MR) is 92.9 cm³/mol. The largest absolute Gasteiger partial charge is 0.495 e. The first-order chi connectivity index (χ1) is 10.7. The lowest BCUT2D eigenvalue weighted by Gasteiger charge is -2.13. The molecule has 0 amide bonds. The average molecular weight is 354 g/mol. The zero-order valence-corrected chi connectivity index (χ0v) is 15.7. The molecule has 23 heavy (non-hydrogen) atoms. The molecule has 126 valence electrons. The Labute approximate surface area is 141 Å². The second-order valence-electron chi connectivity index (χ2n) is 5.48. The lowest BCUT2D eigenvalue weighted by Crippen LogP contribution is -2.26. The van der Waals surface area contributed by atoms with Crippen molar-refractivity contribution in [1.82, 2.24) is 9.71 Å². The summed E-state index contributed by atoms with van der Waals surface area (Å²) in [5.74, 6) is 0.366. The van der Waals surface area contributed by atoms with Gasteiger partial charge in [-0.15, -0.1) is 11.3 Å². The van der Waals surface area contributed by atoms with Gasteiger partial charge >= 0.3 is 0 Å². The Hall–Kier alpha value is -1.44. The molecule has 0 aliphatic carbocycles. The third kappa shape index (κ3) is 4.10. The minimum Gasteiger partial charge on any atom is -0.495 e. The maximum Gasteiger partial charge on any atom is 0.244 e. The van der Waals surface area contributed by atoms with Crippen molar-refractivity contribution < 1.29 is 13.2 Å². The maximum absolute atomic E-state index is 12.6. The topological polar surface area (TPSA) is 68.3 Å². The molecule has 0 saturated carbocycles. The van der Waals surface area contributed by atoms with Crippen LogP contribution in [0.3, 0.4) is 0 Å². The van der Waals surface area contributed by atoms with Crippen molar-refractivity contribution in [3.05, 3.63) is 38.8 Å². The molecule has 1 N–H and O–H groups in total. The molecule has 2 aromatic rings. The van der Waals surface area contributed by atoms with E-state index in [1.54, 1.807) is 23.5 Å². The van der Waals surface area contributed by atoms with Gasteiger partial charge in [0.05, 0.1) is 17.8 Å². The number of hydrogen-bond donors (Lipinski definition) is 1. The summed E-state index contributed by atoms with van der Waals surface area (Å²) in [6, 6.07) is 3.40. The molecule has 1 heterocycles. The summed E-state index contributed by atoms with van der Waals surface area (Å²) in [5, 5.41) is 0.996. The van der Waals surface area contributed by atoms with Gasteiger partial charge in [0.1, 0.15) is 10.6 Å². The molecule has 0 aliphatic rings. The molecule has 5 nitrogen and oxygen atoms in total. The predicted octanol–water partition coefficient (Wildman–Crippen LogP) is 2.91. The van der Waals surface area contributed by atoms with Crippen LogP contribution >= 0.6 is 11.3 Å². The van der Waals surface area contributed by atoms with Crippen LogP contribution in [-0.4, -0.2) is 27.1 Å². The van der Waals surface area contributed by atoms with Gasteiger partial charge in [-0.2, -0.15) is 0 Å². The highest BCUT2D eigenvalue weighted by Crippen LogP contribution is 2.27. The van der Waals surface area contributed by atoms with Crippen LogP contribution < -0.4 is 9.46 Å². The van der Waals surface area contributed by atoms with E-state index in [4.69, 9.17) is 4.74 Å². The van der Waals surface area contributed by atoms with Gasteiger partial charge in [0.2, 0.25) is 10.0 Å². The molecular weight excluding hydrogens is 332 g/mol. The van der Waals surface area contributed by atoms with Gasteiger partial charge in [-0.3, -0.25) is 0 Å². The minimum atomic E-state index is -3.61. The minimum absolute atomic E-state index is 0.181. The van der Waals surface area contributed by atoms with Crippen LogP contribution in [0.5, 0.6) is 5.75 Å². The van der Waals surface area contributed by atoms with E-state index in [-0.39, 0.29) is 4.90 Å². The number of thiazole rings is 1. The molecule has 0 fully saturated rings. The van der Waals surface area contributed by atoms with Gasteiger partial charge in [0, 0.05) is 11.4 Å². The second-order valence-corrected chi connectivity index (χ2v) is 8.50. The van der Waals surface area contributed by atoms with Crippen LogP contribution in [0.25, 0.3) is 0 Å². The SMILES string of the molecule is COc1cc(C)c(C)cc1S(=O)(=O)NCCc1sc(C)nc1C. The Bertz CT molecular complexity index is 811. The number of hydrogen-bond acceptors (Lipinski definition) is 5. The van der Waals surface area contributed by atoms with Crippen LogP contribution in [0.1, 0.15) is 26.7 Å². The summed E-state index contributed by atoms with van der Waals surface area (Å²) >= 11 is 1.60. The monoisotopic (exact) mass is 354 g/mol. The molecular formula is C16H22N2O3S2. The van der Waals surface area contributed by atoms with E-state index < -0.39 is 10.0 Å². The van der Waals surface area contributed by atoms with Gasteiger partial charge < -0.3 is 4.74 Å². The fourth-order valence-electron chi connectivity index (χ4n) is 2.31. The zero-order chi connectivity index (χ0) is 17.2. The summed E-state index contributed by atoms with van der Waals surface area (Å²) < 4.78 is 33.0. The van der Waals surface area contributed by atoms with Crippen molar-refractivity contribution in [2.75, 3.05) is 13.7 Å². The second kappa shape index (κ2) is 6.98. The summed E-state index contributed by atoms with van der Waals surface area (Å²) in [5.41, 5.74) is 2.88. The number of benzene rings is 1. The molecule has 0 spiro atoms. The number of aryl methyl sites for hydroxylation is 4. The maximum atomic E-state index is 12.6. The summed E-state index contributed by atoms with van der Waals surface area (Å²) in [6.45, 7) is 8.04. The number of nitrogens with zero attached hydrogens (tertiary/aromatic N) is 1. The lowest BCUT2D eigenvalue weighted by molar-refractivity contribution is 0.402. The fraction of sp³-hybridized carbons (Fsp3) is 0.438. The smallest absolute Gasteiger partial charge is 0.244 e. The van der Waals surface area contributed by atoms with E-state index in [1.807, 2.05) is 27.7 Å². The molecule has 2 rings (SSSR count). The number of methoxy groups -OCH3 is 1. The van der Waals surface area contributed by atoms with Crippen molar-refractivity contribution in [3.8, 4) is 5.75 Å². The first-order valence-corrected chi connectivity index (χ1v) is 9.62. The Morgan fingerprint density at radius 2 is 1.83 bits per heavy atom. The normalized spacial score (nSPS) is 11.7. The zero-order valence-electron chi connectivity index (χ0n) is 14.1. The number of nitrogens with one attached hydrogen (secondary N) is 1. The van der Waals surface area contributed by atoms with E-state index in [0.717, 1.165) is 26.7 Å². The third-order valence-corrected chi connectivity index (χ3v) is 6.33. The average Bonchev–Trinajstić information content (AvgIpc) is 2.79. The van der Waals surface area contributed by atoms with Gasteiger partial charge in [0.15, 0.2) is 0 Å². The molecule has 1 aromatic carbocycles. The Morgan fingerprint density at radius 1 is 1.17 bits per heavy atom. The Kier molecular flexibility index (Phi) is 5.44. The number of sulfonamides is 1. The van der Waals surface area contributed by atoms with Gasteiger partial charge in [-0.05, 0) is 57.4 Å². The van der Waals surface area contributed by atoms with Gasteiger partial charge in [0.25, 0.3) is 0 Å². The summed E-state index contributed by atoms with van der Waals surface area (Å²) in [6.07, 6.45) is 0.629. The van der Waals surface area contributed by atoms with Crippen molar-refractivity contribution in [1.29, 1.82) is 0 Å². The van der Waals surface area contributed by atoms with E-state index >= 15 is 0 Å². The van der Waals surface area contributed by atoms with E-state index in [0.29, 0.717) is 18.7 Å². The summed E-state index contributed by atoms with van der Waals surface area (Å²) in [4.78, 5) is 5.64. The number of rotatable bonds is 6. The molecule has 0 radical (unpaired) electrons. The molecule has 0 unspecified atom stereocenters. The first-order valence-electron chi connectivity index (χ1n) is 7.32. The van der Waals surface area contributed by atoms with Crippen molar-refractivity contribution in [2.45, 2.75) is 39.0 Å². The molecule has 0 atom stereocenters. The Morgan fingerprint density at radius 3 is 2.39 bits per heavy atom. The van der Waals surface area contributed by atoms with Gasteiger partial charge in [-0.25, -0.2) is 18.1 Å². The summed E-state index contributed by atoms with van der Waals surface area (Å²) in [7, 11) is -2.13. The van der Waals surface area contributed by atoms with Crippen LogP contribution in [-0.2, 0) is 16.4 Å². The third-order valence-electron chi connectivity index (χ3n) is 3.71. The Balaban J connectivity index is 2.16. The molecule has 0 aliphatic heterocycles. The highest BCUT2D eigenvalue weighted by Gasteiger charge is 2.20. The van der Waals surface area contributed by atoms with Crippen LogP contribution in [0, 0.1) is 27.7 Å². The van der Waals surface area contributed by atoms with Crippen molar-refractivity contribution in [2.24, 2.45) is 0 Å². The lowest BCUT2D eigenvalue weighted by atomic mass is 10.1. The molecule has 0 saturated heterocycles. The fourth-order valence-corrected chi connectivity index (χ4v) is 4.52. The standard InChI is InChI=1S/C16H22N2O3S2/c1-10-8-14(21-5)16(9-11(10)2)23(19,20)17-7-6-15-12(3)18-13(4)22-15/h8-9,17H,6-7H2,1-5H3. The van der Waals surface area contributed by atoms with Crippen molar-refractivity contribution >= 4 is 21.4 Å². The molecule has 7 heteroatoms. The number of aromatic nitrogens is 1. The van der Waals surface area contributed by atoms with Crippen molar-refractivity contribution in [3.63, 3.8) is 0 Å². The highest BCUT2D eigenvalue weighted by molar-refractivity contribution is 7.89. The van der Waals surface area contributed by atoms with E-state index in [9.17, 15) is 8.42 Å². The van der Waals surface area contributed by atoms with Crippen LogP contribution in [0.15, 0.2) is 17.0 Å². The van der Waals surface area contributed by atoms with E-state index in [1.165, 1.54) is 7.11 Å². The molecule has 0 bridgehead atoms. The first kappa shape index (κ1) is 17.9. The molecule has 1 aromatic heterocycles. The van der Waals surface area contributed by atoms with Crippen LogP contribution in [0.2, 0.25) is 0 Å². The van der Waals surface area contributed by atoms with Crippen LogP contribution in [0.4, 0.5) is 0 Å².